The van der Waals surface area contributed by atoms with Gasteiger partial charge in [0.1, 0.15) is 0 Å². The van der Waals surface area contributed by atoms with E-state index in [1.807, 2.05) is 0 Å². The van der Waals surface area contributed by atoms with E-state index in [1.54, 1.807) is 0 Å². The van der Waals surface area contributed by atoms with E-state index in [1.165, 1.54) is 19.2 Å². The average molecular weight is 255 g/mol. The summed E-state index contributed by atoms with van der Waals surface area (Å²) in [6.45, 7) is 0.00583. The van der Waals surface area contributed by atoms with Crippen molar-refractivity contribution in [1.29, 1.82) is 0 Å². The number of amides is 1. The van der Waals surface area contributed by atoms with Crippen molar-refractivity contribution in [3.05, 3.63) is 29.8 Å². The minimum atomic E-state index is -1.09. The largest absolute Gasteiger partial charge is 0.469 e. The third kappa shape index (κ3) is 2.05. The molecule has 2 rings (SSSR count). The van der Waals surface area contributed by atoms with Gasteiger partial charge < -0.3 is 9.64 Å². The maximum Gasteiger partial charge on any atom is 0.311 e. The lowest BCUT2D eigenvalue weighted by Gasteiger charge is -2.17. The molecule has 1 aliphatic heterocycles. The van der Waals surface area contributed by atoms with Gasteiger partial charge in [-0.25, -0.2) is 8.78 Å². The maximum atomic E-state index is 13.6. The number of benzene rings is 1. The molecule has 1 aromatic carbocycles. The second-order valence-electron chi connectivity index (χ2n) is 4.00. The highest BCUT2D eigenvalue weighted by atomic mass is 19.2. The standard InChI is InChI=1S/C12H11F2NO3/c1-18-12(17)7-5-10(16)15(6-7)9-4-2-3-8(13)11(9)14/h2-4,7H,5-6H2,1H3. The molecule has 1 fully saturated rings. The predicted molar refractivity (Wildman–Crippen MR) is 58.8 cm³/mol. The van der Waals surface area contributed by atoms with Gasteiger partial charge in [-0.3, -0.25) is 9.59 Å². The summed E-state index contributed by atoms with van der Waals surface area (Å²) >= 11 is 0. The lowest BCUT2D eigenvalue weighted by atomic mass is 10.1. The Morgan fingerprint density at radius 1 is 1.44 bits per heavy atom. The molecule has 1 atom stereocenters. The van der Waals surface area contributed by atoms with Crippen LogP contribution in [0.2, 0.25) is 0 Å². The number of carbonyl (C=O) groups excluding carboxylic acids is 2. The van der Waals surface area contributed by atoms with Gasteiger partial charge in [0.25, 0.3) is 0 Å². The first-order valence-corrected chi connectivity index (χ1v) is 5.36. The summed E-state index contributed by atoms with van der Waals surface area (Å²) in [6.07, 6.45) is -0.0529. The summed E-state index contributed by atoms with van der Waals surface area (Å²) in [5.41, 5.74) is -0.147. The Morgan fingerprint density at radius 3 is 2.83 bits per heavy atom. The minimum absolute atomic E-state index is 0.00583. The number of hydrogen-bond acceptors (Lipinski definition) is 3. The Bertz CT molecular complexity index is 504. The van der Waals surface area contributed by atoms with Gasteiger partial charge in [0.15, 0.2) is 11.6 Å². The fourth-order valence-corrected chi connectivity index (χ4v) is 1.97. The minimum Gasteiger partial charge on any atom is -0.469 e. The van der Waals surface area contributed by atoms with Crippen LogP contribution >= 0.6 is 0 Å². The smallest absolute Gasteiger partial charge is 0.311 e. The van der Waals surface area contributed by atoms with Crippen LogP contribution in [0.5, 0.6) is 0 Å². The monoisotopic (exact) mass is 255 g/mol. The van der Waals surface area contributed by atoms with Crippen LogP contribution < -0.4 is 4.90 Å². The van der Waals surface area contributed by atoms with Crippen molar-refractivity contribution >= 4 is 17.6 Å². The molecule has 0 radical (unpaired) electrons. The van der Waals surface area contributed by atoms with Crippen molar-refractivity contribution in [2.75, 3.05) is 18.6 Å². The van der Waals surface area contributed by atoms with Crippen LogP contribution in [0, 0.1) is 17.6 Å². The van der Waals surface area contributed by atoms with E-state index in [0.29, 0.717) is 0 Å². The molecule has 0 saturated carbocycles. The van der Waals surface area contributed by atoms with Gasteiger partial charge in [0.05, 0.1) is 18.7 Å². The first-order chi connectivity index (χ1) is 8.54. The molecule has 4 nitrogen and oxygen atoms in total. The second-order valence-corrected chi connectivity index (χ2v) is 4.00. The predicted octanol–water partition coefficient (Wildman–Crippen LogP) is 1.49. The molecule has 0 aliphatic carbocycles. The summed E-state index contributed by atoms with van der Waals surface area (Å²) in [5.74, 6) is -3.69. The number of rotatable bonds is 2. The van der Waals surface area contributed by atoms with Crippen molar-refractivity contribution in [1.82, 2.24) is 0 Å². The molecule has 1 heterocycles. The second kappa shape index (κ2) is 4.72. The summed E-state index contributed by atoms with van der Waals surface area (Å²) in [5, 5.41) is 0. The molecule has 0 spiro atoms. The lowest BCUT2D eigenvalue weighted by Crippen LogP contribution is -2.27. The third-order valence-electron chi connectivity index (χ3n) is 2.88. The van der Waals surface area contributed by atoms with Crippen molar-refractivity contribution < 1.29 is 23.1 Å². The third-order valence-corrected chi connectivity index (χ3v) is 2.88. The fourth-order valence-electron chi connectivity index (χ4n) is 1.97. The number of halogens is 2. The number of carbonyl (C=O) groups is 2. The molecular formula is C12H11F2NO3. The van der Waals surface area contributed by atoms with E-state index in [2.05, 4.69) is 4.74 Å². The molecule has 0 bridgehead atoms. The van der Waals surface area contributed by atoms with E-state index in [4.69, 9.17) is 0 Å². The first-order valence-electron chi connectivity index (χ1n) is 5.36. The average Bonchev–Trinajstić information content (AvgIpc) is 2.74. The van der Waals surface area contributed by atoms with Crippen LogP contribution in [0.1, 0.15) is 6.42 Å². The van der Waals surface area contributed by atoms with Gasteiger partial charge in [0, 0.05) is 13.0 Å². The molecule has 96 valence electrons. The molecular weight excluding hydrogens is 244 g/mol. The molecule has 0 aromatic heterocycles. The molecule has 6 heteroatoms. The zero-order valence-corrected chi connectivity index (χ0v) is 9.65. The highest BCUT2D eigenvalue weighted by molar-refractivity contribution is 5.99. The maximum absolute atomic E-state index is 13.6. The summed E-state index contributed by atoms with van der Waals surface area (Å²) in [6, 6.07) is 3.58. The number of hydrogen-bond donors (Lipinski definition) is 0. The van der Waals surface area contributed by atoms with Crippen LogP contribution in [-0.4, -0.2) is 25.5 Å². The van der Waals surface area contributed by atoms with Crippen LogP contribution in [-0.2, 0) is 14.3 Å². The van der Waals surface area contributed by atoms with E-state index in [0.717, 1.165) is 11.0 Å². The van der Waals surface area contributed by atoms with Gasteiger partial charge in [-0.2, -0.15) is 0 Å². The number of esters is 1. The molecule has 1 unspecified atom stereocenters. The fraction of sp³-hybridized carbons (Fsp3) is 0.333. The van der Waals surface area contributed by atoms with E-state index in [9.17, 15) is 18.4 Å². The van der Waals surface area contributed by atoms with Crippen molar-refractivity contribution in [3.63, 3.8) is 0 Å². The number of ether oxygens (including phenoxy) is 1. The Balaban J connectivity index is 2.27. The lowest BCUT2D eigenvalue weighted by molar-refractivity contribution is -0.145. The summed E-state index contributed by atoms with van der Waals surface area (Å²) < 4.78 is 31.2. The molecule has 1 saturated heterocycles. The number of methoxy groups -OCH3 is 1. The molecule has 0 N–H and O–H groups in total. The summed E-state index contributed by atoms with van der Waals surface area (Å²) in [4.78, 5) is 24.1. The van der Waals surface area contributed by atoms with Crippen molar-refractivity contribution in [3.8, 4) is 0 Å². The Morgan fingerprint density at radius 2 is 2.17 bits per heavy atom. The van der Waals surface area contributed by atoms with E-state index < -0.39 is 29.4 Å². The van der Waals surface area contributed by atoms with Gasteiger partial charge >= 0.3 is 5.97 Å². The number of anilines is 1. The van der Waals surface area contributed by atoms with Gasteiger partial charge in [0.2, 0.25) is 5.91 Å². The zero-order valence-electron chi connectivity index (χ0n) is 9.65. The topological polar surface area (TPSA) is 46.6 Å². The highest BCUT2D eigenvalue weighted by Crippen LogP contribution is 2.28. The molecule has 1 aromatic rings. The SMILES string of the molecule is COC(=O)C1CC(=O)N(c2cccc(F)c2F)C1. The van der Waals surface area contributed by atoms with Crippen LogP contribution in [0.25, 0.3) is 0 Å². The van der Waals surface area contributed by atoms with Crippen molar-refractivity contribution in [2.45, 2.75) is 6.42 Å². The Hall–Kier alpha value is -1.98. The Kier molecular flexibility index (Phi) is 3.27. The van der Waals surface area contributed by atoms with E-state index >= 15 is 0 Å². The van der Waals surface area contributed by atoms with Crippen LogP contribution in [0.3, 0.4) is 0 Å². The first kappa shape index (κ1) is 12.5. The van der Waals surface area contributed by atoms with Gasteiger partial charge in [-0.05, 0) is 12.1 Å². The summed E-state index contributed by atoms with van der Waals surface area (Å²) in [7, 11) is 1.22. The van der Waals surface area contributed by atoms with Gasteiger partial charge in [-0.1, -0.05) is 6.07 Å². The van der Waals surface area contributed by atoms with E-state index in [-0.39, 0.29) is 18.7 Å². The highest BCUT2D eigenvalue weighted by Gasteiger charge is 2.37. The molecule has 1 aliphatic rings. The molecule has 18 heavy (non-hydrogen) atoms. The normalized spacial score (nSPS) is 19.2. The quantitative estimate of drug-likeness (QED) is 0.752. The number of nitrogens with zero attached hydrogens (tertiary/aromatic N) is 1. The Labute approximate surface area is 102 Å². The zero-order chi connectivity index (χ0) is 13.3. The van der Waals surface area contributed by atoms with Crippen molar-refractivity contribution in [2.24, 2.45) is 5.92 Å². The van der Waals surface area contributed by atoms with Gasteiger partial charge in [-0.15, -0.1) is 0 Å². The molecule has 1 amide bonds. The van der Waals surface area contributed by atoms with Crippen LogP contribution in [0.15, 0.2) is 18.2 Å². The van der Waals surface area contributed by atoms with Crippen LogP contribution in [0.4, 0.5) is 14.5 Å².